The summed E-state index contributed by atoms with van der Waals surface area (Å²) < 4.78 is 69.3. The molecule has 0 N–H and O–H groups in total. The van der Waals surface area contributed by atoms with Crippen LogP contribution in [0.15, 0.2) is 42.7 Å². The van der Waals surface area contributed by atoms with Crippen LogP contribution in [0.2, 0.25) is 0 Å². The van der Waals surface area contributed by atoms with Crippen molar-refractivity contribution >= 4 is 11.6 Å². The first kappa shape index (κ1) is 29.2. The van der Waals surface area contributed by atoms with Gasteiger partial charge in [0.25, 0.3) is 5.91 Å². The molecule has 3 aliphatic heterocycles. The average Bonchev–Trinajstić information content (AvgIpc) is 3.64. The van der Waals surface area contributed by atoms with Gasteiger partial charge in [-0.3, -0.25) is 9.69 Å². The first-order valence-electron chi connectivity index (χ1n) is 13.4. The van der Waals surface area contributed by atoms with Gasteiger partial charge in [-0.1, -0.05) is 12.1 Å². The second-order valence-electron chi connectivity index (χ2n) is 10.8. The highest BCUT2D eigenvalue weighted by atomic mass is 19.4. The van der Waals surface area contributed by atoms with E-state index in [9.17, 15) is 18.0 Å². The molecule has 6 rings (SSSR count). The number of likely N-dealkylation sites (tertiary alicyclic amines) is 1. The first-order chi connectivity index (χ1) is 19.6. The molecule has 1 atom stereocenters. The smallest absolute Gasteiger partial charge is 0.388 e. The quantitative estimate of drug-likeness (QED) is 0.392. The van der Waals surface area contributed by atoms with Crippen molar-refractivity contribution in [2.75, 3.05) is 45.4 Å². The number of ether oxygens (including phenoxy) is 2. The van der Waals surface area contributed by atoms with Crippen molar-refractivity contribution in [2.45, 2.75) is 43.7 Å². The van der Waals surface area contributed by atoms with Crippen LogP contribution in [0.4, 0.5) is 23.2 Å². The van der Waals surface area contributed by atoms with E-state index in [0.29, 0.717) is 23.4 Å². The van der Waals surface area contributed by atoms with Crippen LogP contribution in [0, 0.1) is 0 Å². The second kappa shape index (κ2) is 11.5. The minimum Gasteiger partial charge on any atom is -0.388 e. The van der Waals surface area contributed by atoms with Gasteiger partial charge in [0.15, 0.2) is 12.0 Å². The van der Waals surface area contributed by atoms with Gasteiger partial charge < -0.3 is 18.9 Å². The molecule has 0 bridgehead atoms. The molecule has 1 amide bonds. The molecule has 2 fully saturated rings. The van der Waals surface area contributed by atoms with E-state index in [1.54, 1.807) is 51.6 Å². The molecule has 12 heteroatoms. The number of methoxy groups -OCH3 is 1. The van der Waals surface area contributed by atoms with Crippen molar-refractivity contribution in [1.29, 1.82) is 0 Å². The Balaban J connectivity index is 0.00000108. The van der Waals surface area contributed by atoms with Gasteiger partial charge in [-0.2, -0.15) is 13.2 Å². The Kier molecular flexibility index (Phi) is 8.18. The molecule has 8 nitrogen and oxygen atoms in total. The highest BCUT2D eigenvalue weighted by molar-refractivity contribution is 6.10. The van der Waals surface area contributed by atoms with Crippen molar-refractivity contribution in [1.82, 2.24) is 19.7 Å². The summed E-state index contributed by atoms with van der Waals surface area (Å²) in [5.41, 5.74) is -0.277. The first-order valence-corrected chi connectivity index (χ1v) is 13.4. The molecule has 3 aromatic rings. The van der Waals surface area contributed by atoms with Gasteiger partial charge in [0.1, 0.15) is 6.33 Å². The minimum atomic E-state index is -4.59. The van der Waals surface area contributed by atoms with Crippen LogP contribution in [-0.4, -0.2) is 66.1 Å². The lowest BCUT2D eigenvalue weighted by Crippen LogP contribution is -2.50. The van der Waals surface area contributed by atoms with E-state index >= 15 is 4.39 Å². The highest BCUT2D eigenvalue weighted by Crippen LogP contribution is 2.46. The van der Waals surface area contributed by atoms with Crippen molar-refractivity contribution in [2.24, 2.45) is 7.05 Å². The molecule has 220 valence electrons. The maximum atomic E-state index is 15.8. The zero-order chi connectivity index (χ0) is 29.4. The number of nitrogens with zero attached hydrogens (tertiary/aromatic N) is 5. The fourth-order valence-corrected chi connectivity index (χ4v) is 5.75. The number of halogens is 4. The molecule has 1 unspecified atom stereocenters. The Hall–Kier alpha value is -3.35. The molecule has 0 radical (unpaired) electrons. The number of carbonyl (C=O) groups is 1. The number of amides is 1. The number of anilines is 1. The number of benzene rings is 2. The molecular formula is C29H33F4N5O3. The monoisotopic (exact) mass is 575 g/mol. The van der Waals surface area contributed by atoms with Crippen LogP contribution in [0.1, 0.15) is 57.4 Å². The van der Waals surface area contributed by atoms with Crippen LogP contribution in [0.5, 0.6) is 0 Å². The maximum absolute atomic E-state index is 15.8. The van der Waals surface area contributed by atoms with Gasteiger partial charge in [0.05, 0.1) is 30.7 Å². The summed E-state index contributed by atoms with van der Waals surface area (Å²) >= 11 is 0. The fourth-order valence-electron chi connectivity index (χ4n) is 5.75. The summed E-state index contributed by atoms with van der Waals surface area (Å²) in [6, 6.07) is 9.55. The highest BCUT2D eigenvalue weighted by Gasteiger charge is 2.51. The second-order valence-corrected chi connectivity index (χ2v) is 10.8. The van der Waals surface area contributed by atoms with E-state index < -0.39 is 29.2 Å². The summed E-state index contributed by atoms with van der Waals surface area (Å²) in [5.74, 6) is -0.335. The lowest BCUT2D eigenvalue weighted by molar-refractivity contribution is -0.138. The van der Waals surface area contributed by atoms with Crippen LogP contribution >= 0.6 is 0 Å². The van der Waals surface area contributed by atoms with Crippen molar-refractivity contribution in [3.8, 4) is 0 Å². The van der Waals surface area contributed by atoms with Crippen molar-refractivity contribution < 1.29 is 31.8 Å². The number of carbonyl (C=O) groups excluding carboxylic acids is 1. The van der Waals surface area contributed by atoms with Gasteiger partial charge in [-0.15, -0.1) is 10.2 Å². The minimum absolute atomic E-state index is 0.0257. The summed E-state index contributed by atoms with van der Waals surface area (Å²) in [5, 5.41) is 7.69. The summed E-state index contributed by atoms with van der Waals surface area (Å²) in [6.07, 6.45) is -2.65. The number of aromatic nitrogens is 3. The number of aryl methyl sites for hydroxylation is 1. The third-order valence-electron chi connectivity index (χ3n) is 7.92. The molecule has 2 saturated heterocycles. The SMILES string of the molecule is COC.Cn1cnnc1C(F)C1(c2cccc(N3Cc4c(cc(CN5CCCC5)cc4C(F)(F)F)C3=O)c2)COC1. The Morgan fingerprint density at radius 3 is 2.41 bits per heavy atom. The number of hydrogen-bond donors (Lipinski definition) is 0. The largest absolute Gasteiger partial charge is 0.416 e. The van der Waals surface area contributed by atoms with Gasteiger partial charge in [-0.25, -0.2) is 4.39 Å². The zero-order valence-corrected chi connectivity index (χ0v) is 23.2. The van der Waals surface area contributed by atoms with E-state index in [1.807, 2.05) is 0 Å². The lowest BCUT2D eigenvalue weighted by atomic mass is 9.74. The van der Waals surface area contributed by atoms with E-state index in [2.05, 4.69) is 19.8 Å². The summed E-state index contributed by atoms with van der Waals surface area (Å²) in [6.45, 7) is 2.05. The fraction of sp³-hybridized carbons (Fsp3) is 0.483. The molecule has 0 spiro atoms. The van der Waals surface area contributed by atoms with E-state index in [-0.39, 0.29) is 36.7 Å². The predicted molar refractivity (Wildman–Crippen MR) is 143 cm³/mol. The third kappa shape index (κ3) is 5.47. The van der Waals surface area contributed by atoms with Crippen LogP contribution in [0.3, 0.4) is 0 Å². The number of fused-ring (bicyclic) bond motifs is 1. The van der Waals surface area contributed by atoms with Crippen molar-refractivity contribution in [3.05, 3.63) is 76.4 Å². The molecule has 2 aromatic carbocycles. The van der Waals surface area contributed by atoms with Gasteiger partial charge in [0, 0.05) is 39.1 Å². The summed E-state index contributed by atoms with van der Waals surface area (Å²) in [4.78, 5) is 16.9. The van der Waals surface area contributed by atoms with Gasteiger partial charge in [-0.05, 0) is 66.9 Å². The summed E-state index contributed by atoms with van der Waals surface area (Å²) in [7, 11) is 4.90. The lowest BCUT2D eigenvalue weighted by Gasteiger charge is -2.43. The maximum Gasteiger partial charge on any atom is 0.416 e. The molecule has 0 saturated carbocycles. The number of alkyl halides is 4. The Bertz CT molecular complexity index is 1400. The molecule has 3 aliphatic rings. The van der Waals surface area contributed by atoms with Crippen molar-refractivity contribution in [3.63, 3.8) is 0 Å². The molecule has 4 heterocycles. The third-order valence-corrected chi connectivity index (χ3v) is 7.92. The molecular weight excluding hydrogens is 542 g/mol. The van der Waals surface area contributed by atoms with E-state index in [1.165, 1.54) is 21.9 Å². The normalized spacial score (nSPS) is 19.0. The molecule has 41 heavy (non-hydrogen) atoms. The Morgan fingerprint density at radius 2 is 1.83 bits per heavy atom. The Morgan fingerprint density at radius 1 is 1.12 bits per heavy atom. The standard InChI is InChI=1S/C27H27F4N5O2.C2H6O/c1-34-16-32-33-24(34)23(28)26(14-38-15-26)18-5-4-6-19(11-18)36-13-21-20(25(36)37)9-17(10-22(21)27(29,30)31)12-35-7-2-3-8-35;1-3-2/h4-6,9-11,16,23H,2-3,7-8,12-15H2,1H3;1-2H3. The van der Waals surface area contributed by atoms with Gasteiger partial charge >= 0.3 is 6.18 Å². The average molecular weight is 576 g/mol. The zero-order valence-electron chi connectivity index (χ0n) is 23.2. The number of hydrogen-bond acceptors (Lipinski definition) is 6. The Labute approximate surface area is 235 Å². The topological polar surface area (TPSA) is 72.7 Å². The molecule has 1 aromatic heterocycles. The van der Waals surface area contributed by atoms with Crippen LogP contribution < -0.4 is 4.90 Å². The van der Waals surface area contributed by atoms with Gasteiger partial charge in [0.2, 0.25) is 0 Å². The van der Waals surface area contributed by atoms with Crippen LogP contribution in [-0.2, 0) is 41.2 Å². The van der Waals surface area contributed by atoms with E-state index in [0.717, 1.165) is 25.9 Å². The predicted octanol–water partition coefficient (Wildman–Crippen LogP) is 4.83. The van der Waals surface area contributed by atoms with Crippen LogP contribution in [0.25, 0.3) is 0 Å². The van der Waals surface area contributed by atoms with E-state index in [4.69, 9.17) is 4.74 Å². The molecule has 0 aliphatic carbocycles. The number of rotatable bonds is 6.